The maximum Gasteiger partial charge on any atom is 0.263 e. The zero-order valence-electron chi connectivity index (χ0n) is 14.1. The van der Waals surface area contributed by atoms with Crippen LogP contribution in [0.15, 0.2) is 70.0 Å². The smallest absolute Gasteiger partial charge is 0.263 e. The van der Waals surface area contributed by atoms with Gasteiger partial charge in [-0.1, -0.05) is 72.5 Å². The van der Waals surface area contributed by atoms with Gasteiger partial charge in [0.25, 0.3) is 5.91 Å². The van der Waals surface area contributed by atoms with Crippen LogP contribution in [0, 0.1) is 0 Å². The lowest BCUT2D eigenvalue weighted by Crippen LogP contribution is -2.17. The minimum atomic E-state index is -0.155. The van der Waals surface area contributed by atoms with Gasteiger partial charge in [-0.05, 0) is 56.0 Å². The summed E-state index contributed by atoms with van der Waals surface area (Å²) in [5, 5.41) is 5.01. The Morgan fingerprint density at radius 2 is 1.93 bits per heavy atom. The van der Waals surface area contributed by atoms with E-state index in [1.54, 1.807) is 0 Å². The third kappa shape index (κ3) is 4.08. The summed E-state index contributed by atoms with van der Waals surface area (Å²) < 4.78 is 7.34. The number of hydrogen-bond acceptors (Lipinski definition) is 4. The van der Waals surface area contributed by atoms with Gasteiger partial charge < -0.3 is 10.1 Å². The van der Waals surface area contributed by atoms with Crippen LogP contribution < -0.4 is 10.1 Å². The fourth-order valence-corrected chi connectivity index (χ4v) is 4.43. The van der Waals surface area contributed by atoms with Gasteiger partial charge in [-0.3, -0.25) is 4.79 Å². The Bertz CT molecular complexity index is 1090. The Morgan fingerprint density at radius 3 is 2.70 bits per heavy atom. The van der Waals surface area contributed by atoms with Gasteiger partial charge in [-0.2, -0.15) is 0 Å². The Labute approximate surface area is 174 Å². The Hall–Kier alpha value is -2.15. The number of fused-ring (bicyclic) bond motifs is 1. The topological polar surface area (TPSA) is 38.3 Å². The summed E-state index contributed by atoms with van der Waals surface area (Å²) >= 11 is 9.84. The van der Waals surface area contributed by atoms with E-state index >= 15 is 0 Å². The maximum absolute atomic E-state index is 11.8. The molecule has 0 aromatic heterocycles. The number of hydrogen-bond donors (Lipinski definition) is 1. The standard InChI is InChI=1S/C21H14BrNO2S2/c22-17-10-13(11-19-20(24)23-21(26)27-19)8-9-18(17)25-12-15-6-3-5-14-4-1-2-7-16(14)15/h1-11H,12H2,(H,23,24,26). The lowest BCUT2D eigenvalue weighted by atomic mass is 10.1. The highest BCUT2D eigenvalue weighted by molar-refractivity contribution is 9.10. The van der Waals surface area contributed by atoms with Crippen molar-refractivity contribution in [1.82, 2.24) is 5.32 Å². The van der Waals surface area contributed by atoms with Crippen molar-refractivity contribution in [1.29, 1.82) is 0 Å². The van der Waals surface area contributed by atoms with Crippen LogP contribution in [-0.4, -0.2) is 10.2 Å². The predicted octanol–water partition coefficient (Wildman–Crippen LogP) is 5.67. The largest absolute Gasteiger partial charge is 0.488 e. The number of thioether (sulfide) groups is 1. The Kier molecular flexibility index (Phi) is 5.29. The fourth-order valence-electron chi connectivity index (χ4n) is 2.87. The van der Waals surface area contributed by atoms with Crippen molar-refractivity contribution in [2.24, 2.45) is 0 Å². The lowest BCUT2D eigenvalue weighted by molar-refractivity contribution is -0.115. The summed E-state index contributed by atoms with van der Waals surface area (Å²) in [5.74, 6) is 0.599. The van der Waals surface area contributed by atoms with Crippen molar-refractivity contribution in [2.45, 2.75) is 6.61 Å². The number of rotatable bonds is 4. The molecule has 0 bridgehead atoms. The van der Waals surface area contributed by atoms with Gasteiger partial charge in [0.15, 0.2) is 0 Å². The minimum absolute atomic E-state index is 0.155. The number of amides is 1. The van der Waals surface area contributed by atoms with Gasteiger partial charge in [-0.15, -0.1) is 0 Å². The van der Waals surface area contributed by atoms with Crippen molar-refractivity contribution in [2.75, 3.05) is 0 Å². The van der Waals surface area contributed by atoms with E-state index in [1.165, 1.54) is 22.5 Å². The molecule has 0 unspecified atom stereocenters. The molecule has 0 radical (unpaired) electrons. The van der Waals surface area contributed by atoms with Gasteiger partial charge in [-0.25, -0.2) is 0 Å². The molecular formula is C21H14BrNO2S2. The van der Waals surface area contributed by atoms with E-state index in [1.807, 2.05) is 42.5 Å². The molecule has 3 nitrogen and oxygen atoms in total. The number of thiocarbonyl (C=S) groups is 1. The minimum Gasteiger partial charge on any atom is -0.488 e. The second kappa shape index (κ2) is 7.84. The van der Waals surface area contributed by atoms with Crippen molar-refractivity contribution >= 4 is 67.0 Å². The molecule has 6 heteroatoms. The maximum atomic E-state index is 11.8. The molecule has 1 heterocycles. The van der Waals surface area contributed by atoms with Crippen LogP contribution in [0.1, 0.15) is 11.1 Å². The Balaban J connectivity index is 1.52. The second-order valence-electron chi connectivity index (χ2n) is 5.97. The molecule has 1 fully saturated rings. The van der Waals surface area contributed by atoms with Crippen LogP contribution in [0.25, 0.3) is 16.8 Å². The summed E-state index contributed by atoms with van der Waals surface area (Å²) in [6, 6.07) is 20.2. The van der Waals surface area contributed by atoms with Crippen LogP contribution in [-0.2, 0) is 11.4 Å². The summed E-state index contributed by atoms with van der Waals surface area (Å²) in [5.41, 5.74) is 2.04. The first kappa shape index (κ1) is 18.2. The number of carbonyl (C=O) groups excluding carboxylic acids is 1. The second-order valence-corrected chi connectivity index (χ2v) is 8.54. The molecule has 27 heavy (non-hydrogen) atoms. The average Bonchev–Trinajstić information content (AvgIpc) is 2.98. The predicted molar refractivity (Wildman–Crippen MR) is 119 cm³/mol. The van der Waals surface area contributed by atoms with E-state index in [9.17, 15) is 4.79 Å². The number of ether oxygens (including phenoxy) is 1. The monoisotopic (exact) mass is 455 g/mol. The fraction of sp³-hybridized carbons (Fsp3) is 0.0476. The summed E-state index contributed by atoms with van der Waals surface area (Å²) in [6.45, 7) is 0.479. The molecule has 134 valence electrons. The van der Waals surface area contributed by atoms with Gasteiger partial charge in [0.2, 0.25) is 0 Å². The first-order chi connectivity index (χ1) is 13.1. The van der Waals surface area contributed by atoms with Gasteiger partial charge in [0, 0.05) is 0 Å². The van der Waals surface area contributed by atoms with E-state index in [0.29, 0.717) is 15.8 Å². The molecule has 3 aromatic carbocycles. The quantitative estimate of drug-likeness (QED) is 0.406. The third-order valence-corrected chi connectivity index (χ3v) is 5.94. The summed E-state index contributed by atoms with van der Waals surface area (Å²) in [7, 11) is 0. The molecule has 0 saturated carbocycles. The molecule has 0 atom stereocenters. The SMILES string of the molecule is O=C1NC(=S)SC1=Cc1ccc(OCc2cccc3ccccc23)c(Br)c1. The molecule has 1 aliphatic rings. The van der Waals surface area contributed by atoms with Crippen LogP contribution in [0.5, 0.6) is 5.75 Å². The van der Waals surface area contributed by atoms with E-state index in [0.717, 1.165) is 21.3 Å². The van der Waals surface area contributed by atoms with Gasteiger partial charge in [0.1, 0.15) is 16.7 Å². The van der Waals surface area contributed by atoms with Crippen LogP contribution in [0.2, 0.25) is 0 Å². The Morgan fingerprint density at radius 1 is 1.11 bits per heavy atom. The van der Waals surface area contributed by atoms with Crippen LogP contribution in [0.3, 0.4) is 0 Å². The molecular weight excluding hydrogens is 442 g/mol. The first-order valence-corrected chi connectivity index (χ1v) is 10.3. The highest BCUT2D eigenvalue weighted by Gasteiger charge is 2.22. The lowest BCUT2D eigenvalue weighted by Gasteiger charge is -2.11. The molecule has 1 N–H and O–H groups in total. The molecule has 1 aliphatic heterocycles. The third-order valence-electron chi connectivity index (χ3n) is 4.16. The number of carbonyl (C=O) groups is 1. The van der Waals surface area contributed by atoms with E-state index in [-0.39, 0.29) is 5.91 Å². The number of benzene rings is 3. The van der Waals surface area contributed by atoms with Crippen LogP contribution in [0.4, 0.5) is 0 Å². The molecule has 3 aromatic rings. The first-order valence-electron chi connectivity index (χ1n) is 8.24. The van der Waals surface area contributed by atoms with E-state index < -0.39 is 0 Å². The van der Waals surface area contributed by atoms with Crippen molar-refractivity contribution in [3.63, 3.8) is 0 Å². The van der Waals surface area contributed by atoms with Crippen molar-refractivity contribution < 1.29 is 9.53 Å². The molecule has 4 rings (SSSR count). The normalized spacial score (nSPS) is 15.4. The van der Waals surface area contributed by atoms with E-state index in [2.05, 4.69) is 45.5 Å². The number of nitrogens with one attached hydrogen (secondary N) is 1. The van der Waals surface area contributed by atoms with Crippen molar-refractivity contribution in [3.05, 3.63) is 81.2 Å². The van der Waals surface area contributed by atoms with Crippen LogP contribution >= 0.6 is 39.9 Å². The van der Waals surface area contributed by atoms with E-state index in [4.69, 9.17) is 17.0 Å². The highest BCUT2D eigenvalue weighted by Crippen LogP contribution is 2.31. The number of halogens is 1. The zero-order chi connectivity index (χ0) is 18.8. The molecule has 1 amide bonds. The molecule has 0 aliphatic carbocycles. The summed E-state index contributed by atoms with van der Waals surface area (Å²) in [6.07, 6.45) is 1.82. The highest BCUT2D eigenvalue weighted by atomic mass is 79.9. The van der Waals surface area contributed by atoms with Gasteiger partial charge in [0.05, 0.1) is 9.38 Å². The molecule has 1 saturated heterocycles. The average molecular weight is 456 g/mol. The van der Waals surface area contributed by atoms with Gasteiger partial charge >= 0.3 is 0 Å². The van der Waals surface area contributed by atoms with Crippen molar-refractivity contribution in [3.8, 4) is 5.75 Å². The molecule has 0 spiro atoms. The summed E-state index contributed by atoms with van der Waals surface area (Å²) in [4.78, 5) is 12.4. The zero-order valence-corrected chi connectivity index (χ0v) is 17.3.